The minimum atomic E-state index is -0.319. The molecule has 0 unspecified atom stereocenters. The minimum absolute atomic E-state index is 0.112. The van der Waals surface area contributed by atoms with Crippen molar-refractivity contribution in [2.75, 3.05) is 6.54 Å². The molecule has 0 aliphatic rings. The molecule has 0 bridgehead atoms. The normalized spacial score (nSPS) is 10.9. The Morgan fingerprint density at radius 3 is 2.56 bits per heavy atom. The molecule has 3 rings (SSSR count). The van der Waals surface area contributed by atoms with Crippen molar-refractivity contribution >= 4 is 12.0 Å². The number of carbonyl (C=O) groups is 1. The number of nitrogens with zero attached hydrogens (tertiary/aromatic N) is 2. The first-order valence-electron chi connectivity index (χ1n) is 8.87. The molecule has 136 valence electrons. The number of carbonyl (C=O) groups excluding carboxylic acids is 1. The predicted octanol–water partition coefficient (Wildman–Crippen LogP) is 4.51. The van der Waals surface area contributed by atoms with E-state index in [1.54, 1.807) is 29.3 Å². The van der Waals surface area contributed by atoms with Gasteiger partial charge in [0.05, 0.1) is 0 Å². The summed E-state index contributed by atoms with van der Waals surface area (Å²) < 4.78 is 13.3. The third-order valence-electron chi connectivity index (χ3n) is 4.16. The maximum Gasteiger partial charge on any atom is 0.246 e. The van der Waals surface area contributed by atoms with E-state index in [0.29, 0.717) is 25.1 Å². The molecule has 27 heavy (non-hydrogen) atoms. The zero-order chi connectivity index (χ0) is 18.9. The van der Waals surface area contributed by atoms with E-state index >= 15 is 0 Å². The molecular weight excluding hydrogens is 339 g/mol. The van der Waals surface area contributed by atoms with Crippen LogP contribution in [0.15, 0.2) is 85.1 Å². The van der Waals surface area contributed by atoms with Crippen LogP contribution in [0.1, 0.15) is 16.8 Å². The zero-order valence-corrected chi connectivity index (χ0v) is 15.0. The van der Waals surface area contributed by atoms with E-state index in [1.807, 2.05) is 48.5 Å². The summed E-state index contributed by atoms with van der Waals surface area (Å²) in [6.07, 6.45) is 5.57. The Hall–Kier alpha value is -3.27. The number of hydrogen-bond acceptors (Lipinski definition) is 2. The molecule has 0 aliphatic heterocycles. The van der Waals surface area contributed by atoms with Crippen LogP contribution in [0.4, 0.5) is 4.39 Å². The molecule has 0 radical (unpaired) electrons. The van der Waals surface area contributed by atoms with Crippen molar-refractivity contribution in [1.29, 1.82) is 0 Å². The van der Waals surface area contributed by atoms with Gasteiger partial charge < -0.3 is 4.90 Å². The van der Waals surface area contributed by atoms with Crippen LogP contribution < -0.4 is 0 Å². The molecule has 0 saturated heterocycles. The number of aromatic nitrogens is 1. The van der Waals surface area contributed by atoms with Gasteiger partial charge in [-0.05, 0) is 41.5 Å². The van der Waals surface area contributed by atoms with Gasteiger partial charge in [0.2, 0.25) is 5.91 Å². The molecule has 3 aromatic rings. The molecule has 1 aromatic heterocycles. The molecule has 0 saturated carbocycles. The standard InChI is InChI=1S/C23H21FN2O/c24-21-10-6-9-19(17-21)12-13-23(27)26(18-20-7-2-1-3-8-20)16-14-22-11-4-5-15-25-22/h1-13,15,17H,14,16,18H2/b13-12+. The topological polar surface area (TPSA) is 33.2 Å². The second-order valence-electron chi connectivity index (χ2n) is 6.20. The average molecular weight is 360 g/mol. The lowest BCUT2D eigenvalue weighted by atomic mass is 10.1. The highest BCUT2D eigenvalue weighted by Gasteiger charge is 2.12. The van der Waals surface area contributed by atoms with Crippen molar-refractivity contribution in [3.63, 3.8) is 0 Å². The molecule has 0 fully saturated rings. The van der Waals surface area contributed by atoms with Crippen LogP contribution in [0.3, 0.4) is 0 Å². The van der Waals surface area contributed by atoms with Crippen molar-refractivity contribution in [2.45, 2.75) is 13.0 Å². The molecule has 0 spiro atoms. The predicted molar refractivity (Wildman–Crippen MR) is 105 cm³/mol. The van der Waals surface area contributed by atoms with Gasteiger partial charge in [0.25, 0.3) is 0 Å². The molecule has 4 heteroatoms. The maximum absolute atomic E-state index is 13.3. The Kier molecular flexibility index (Phi) is 6.47. The Labute approximate surface area is 158 Å². The van der Waals surface area contributed by atoms with E-state index in [-0.39, 0.29) is 11.7 Å². The number of halogens is 1. The van der Waals surface area contributed by atoms with E-state index < -0.39 is 0 Å². The van der Waals surface area contributed by atoms with Crippen LogP contribution in [0.5, 0.6) is 0 Å². The summed E-state index contributed by atoms with van der Waals surface area (Å²) in [4.78, 5) is 18.9. The molecule has 1 amide bonds. The van der Waals surface area contributed by atoms with E-state index in [4.69, 9.17) is 0 Å². The Morgan fingerprint density at radius 2 is 1.81 bits per heavy atom. The van der Waals surface area contributed by atoms with E-state index in [9.17, 15) is 9.18 Å². The van der Waals surface area contributed by atoms with Crippen LogP contribution in [0, 0.1) is 5.82 Å². The fraction of sp³-hybridized carbons (Fsp3) is 0.130. The van der Waals surface area contributed by atoms with Crippen LogP contribution in [0.25, 0.3) is 6.08 Å². The van der Waals surface area contributed by atoms with E-state index in [0.717, 1.165) is 11.3 Å². The van der Waals surface area contributed by atoms with Crippen molar-refractivity contribution < 1.29 is 9.18 Å². The fourth-order valence-corrected chi connectivity index (χ4v) is 2.75. The van der Waals surface area contributed by atoms with Crippen LogP contribution in [0.2, 0.25) is 0 Å². The summed E-state index contributed by atoms with van der Waals surface area (Å²) >= 11 is 0. The zero-order valence-electron chi connectivity index (χ0n) is 15.0. The summed E-state index contributed by atoms with van der Waals surface area (Å²) in [5.74, 6) is -0.431. The maximum atomic E-state index is 13.3. The highest BCUT2D eigenvalue weighted by Crippen LogP contribution is 2.10. The largest absolute Gasteiger partial charge is 0.334 e. The molecule has 3 nitrogen and oxygen atoms in total. The Bertz CT molecular complexity index is 895. The number of pyridine rings is 1. The van der Waals surface area contributed by atoms with Crippen molar-refractivity contribution in [3.05, 3.63) is 108 Å². The Morgan fingerprint density at radius 1 is 1.00 bits per heavy atom. The van der Waals surface area contributed by atoms with Gasteiger partial charge in [-0.15, -0.1) is 0 Å². The lowest BCUT2D eigenvalue weighted by Crippen LogP contribution is -2.31. The van der Waals surface area contributed by atoms with Crippen LogP contribution >= 0.6 is 0 Å². The third kappa shape index (κ3) is 5.89. The van der Waals surface area contributed by atoms with Gasteiger partial charge in [0, 0.05) is 37.5 Å². The van der Waals surface area contributed by atoms with Gasteiger partial charge in [0.1, 0.15) is 5.82 Å². The SMILES string of the molecule is O=C(/C=C/c1cccc(F)c1)N(CCc1ccccn1)Cc1ccccc1. The average Bonchev–Trinajstić information content (AvgIpc) is 2.71. The van der Waals surface area contributed by atoms with E-state index in [1.165, 1.54) is 18.2 Å². The summed E-state index contributed by atoms with van der Waals surface area (Å²) in [5, 5.41) is 0. The number of benzene rings is 2. The smallest absolute Gasteiger partial charge is 0.246 e. The van der Waals surface area contributed by atoms with Gasteiger partial charge in [-0.1, -0.05) is 48.5 Å². The second-order valence-corrected chi connectivity index (χ2v) is 6.20. The first-order valence-corrected chi connectivity index (χ1v) is 8.87. The molecule has 1 heterocycles. The van der Waals surface area contributed by atoms with Gasteiger partial charge in [0.15, 0.2) is 0 Å². The van der Waals surface area contributed by atoms with E-state index in [2.05, 4.69) is 4.98 Å². The van der Waals surface area contributed by atoms with Crippen LogP contribution in [-0.2, 0) is 17.8 Å². The monoisotopic (exact) mass is 360 g/mol. The Balaban J connectivity index is 1.72. The summed E-state index contributed by atoms with van der Waals surface area (Å²) in [5.41, 5.74) is 2.66. The number of amides is 1. The number of hydrogen-bond donors (Lipinski definition) is 0. The summed E-state index contributed by atoms with van der Waals surface area (Å²) in [7, 11) is 0. The first-order chi connectivity index (χ1) is 13.2. The molecule has 0 aliphatic carbocycles. The fourth-order valence-electron chi connectivity index (χ4n) is 2.75. The molecule has 2 aromatic carbocycles. The van der Waals surface area contributed by atoms with Crippen LogP contribution in [-0.4, -0.2) is 22.3 Å². The number of rotatable bonds is 7. The van der Waals surface area contributed by atoms with Gasteiger partial charge >= 0.3 is 0 Å². The van der Waals surface area contributed by atoms with Crippen molar-refractivity contribution in [1.82, 2.24) is 9.88 Å². The van der Waals surface area contributed by atoms with Crippen molar-refractivity contribution in [2.24, 2.45) is 0 Å². The molecule has 0 N–H and O–H groups in total. The highest BCUT2D eigenvalue weighted by atomic mass is 19.1. The third-order valence-corrected chi connectivity index (χ3v) is 4.16. The first kappa shape index (κ1) is 18.5. The van der Waals surface area contributed by atoms with Gasteiger partial charge in [-0.3, -0.25) is 9.78 Å². The summed E-state index contributed by atoms with van der Waals surface area (Å²) in [6.45, 7) is 1.07. The van der Waals surface area contributed by atoms with Crippen molar-refractivity contribution in [3.8, 4) is 0 Å². The van der Waals surface area contributed by atoms with Gasteiger partial charge in [-0.25, -0.2) is 4.39 Å². The minimum Gasteiger partial charge on any atom is -0.334 e. The van der Waals surface area contributed by atoms with Gasteiger partial charge in [-0.2, -0.15) is 0 Å². The summed E-state index contributed by atoms with van der Waals surface area (Å²) in [6, 6.07) is 21.8. The second kappa shape index (κ2) is 9.43. The highest BCUT2D eigenvalue weighted by molar-refractivity contribution is 5.91. The molecule has 0 atom stereocenters. The molecular formula is C23H21FN2O. The quantitative estimate of drug-likeness (QED) is 0.581. The lowest BCUT2D eigenvalue weighted by molar-refractivity contribution is -0.126. The lowest BCUT2D eigenvalue weighted by Gasteiger charge is -2.21.